The summed E-state index contributed by atoms with van der Waals surface area (Å²) in [5.41, 5.74) is 0.746. The zero-order chi connectivity index (χ0) is 15.9. The molecule has 3 nitrogen and oxygen atoms in total. The van der Waals surface area contributed by atoms with Crippen LogP contribution in [0.2, 0.25) is 0 Å². The molecule has 6 heteroatoms. The molecular formula is C15H22F3NO2. The van der Waals surface area contributed by atoms with Crippen LogP contribution >= 0.6 is 0 Å². The average molecular weight is 305 g/mol. The van der Waals surface area contributed by atoms with Crippen molar-refractivity contribution in [3.05, 3.63) is 23.8 Å². The van der Waals surface area contributed by atoms with Crippen molar-refractivity contribution in [2.45, 2.75) is 38.9 Å². The summed E-state index contributed by atoms with van der Waals surface area (Å²) >= 11 is 0. The highest BCUT2D eigenvalue weighted by atomic mass is 19.4. The van der Waals surface area contributed by atoms with Crippen LogP contribution in [0.1, 0.15) is 38.3 Å². The standard InChI is InChI=1S/C15H22F3NO2/c1-4-9-19-11(2)14-12(20-3)6-5-7-13(14)21-10-8-15(16,17)18/h5-7,11,19H,4,8-10H2,1-3H3. The SMILES string of the molecule is CCCNC(C)c1c(OC)cccc1OCCC(F)(F)F. The van der Waals surface area contributed by atoms with Crippen LogP contribution < -0.4 is 14.8 Å². The first-order valence-corrected chi connectivity index (χ1v) is 6.99. The minimum atomic E-state index is -4.22. The molecule has 0 saturated heterocycles. The summed E-state index contributed by atoms with van der Waals surface area (Å²) in [4.78, 5) is 0. The van der Waals surface area contributed by atoms with Gasteiger partial charge in [-0.2, -0.15) is 13.2 Å². The molecule has 0 aliphatic heterocycles. The predicted octanol–water partition coefficient (Wildman–Crippen LogP) is 4.09. The van der Waals surface area contributed by atoms with Gasteiger partial charge in [0.1, 0.15) is 11.5 Å². The van der Waals surface area contributed by atoms with E-state index in [-0.39, 0.29) is 6.04 Å². The lowest BCUT2D eigenvalue weighted by Crippen LogP contribution is -2.21. The Balaban J connectivity index is 2.86. The second-order valence-electron chi connectivity index (χ2n) is 4.76. The fourth-order valence-corrected chi connectivity index (χ4v) is 1.99. The van der Waals surface area contributed by atoms with Gasteiger partial charge >= 0.3 is 6.18 Å². The van der Waals surface area contributed by atoms with E-state index < -0.39 is 19.2 Å². The molecule has 0 radical (unpaired) electrons. The van der Waals surface area contributed by atoms with Gasteiger partial charge in [-0.1, -0.05) is 13.0 Å². The van der Waals surface area contributed by atoms with Crippen LogP contribution in [-0.4, -0.2) is 26.4 Å². The van der Waals surface area contributed by atoms with E-state index >= 15 is 0 Å². The summed E-state index contributed by atoms with van der Waals surface area (Å²) in [6, 6.07) is 5.08. The summed E-state index contributed by atoms with van der Waals surface area (Å²) in [6.45, 7) is 4.39. The van der Waals surface area contributed by atoms with Crippen molar-refractivity contribution in [2.24, 2.45) is 0 Å². The topological polar surface area (TPSA) is 30.5 Å². The monoisotopic (exact) mass is 305 g/mol. The van der Waals surface area contributed by atoms with Crippen LogP contribution in [0.3, 0.4) is 0 Å². The van der Waals surface area contributed by atoms with Crippen LogP contribution in [0.25, 0.3) is 0 Å². The second kappa shape index (κ2) is 8.12. The molecule has 0 bridgehead atoms. The molecule has 120 valence electrons. The van der Waals surface area contributed by atoms with Gasteiger partial charge in [0, 0.05) is 6.04 Å². The number of ether oxygens (including phenoxy) is 2. The van der Waals surface area contributed by atoms with Crippen LogP contribution in [0.15, 0.2) is 18.2 Å². The Bertz CT molecular complexity index is 435. The molecule has 0 aliphatic carbocycles. The van der Waals surface area contributed by atoms with Gasteiger partial charge in [-0.3, -0.25) is 0 Å². The normalized spacial score (nSPS) is 13.0. The summed E-state index contributed by atoms with van der Waals surface area (Å²) in [7, 11) is 1.53. The summed E-state index contributed by atoms with van der Waals surface area (Å²) in [5.74, 6) is 1.03. The first kappa shape index (κ1) is 17.6. The number of nitrogens with one attached hydrogen (secondary N) is 1. The summed E-state index contributed by atoms with van der Waals surface area (Å²) < 4.78 is 47.2. The van der Waals surface area contributed by atoms with Gasteiger partial charge in [0.25, 0.3) is 0 Å². The molecule has 1 aromatic carbocycles. The highest BCUT2D eigenvalue weighted by Crippen LogP contribution is 2.34. The van der Waals surface area contributed by atoms with E-state index in [9.17, 15) is 13.2 Å². The van der Waals surface area contributed by atoms with Crippen LogP contribution in [-0.2, 0) is 0 Å². The molecule has 0 spiro atoms. The Morgan fingerprint density at radius 2 is 1.90 bits per heavy atom. The number of rotatable bonds is 8. The molecule has 1 N–H and O–H groups in total. The number of methoxy groups -OCH3 is 1. The van der Waals surface area contributed by atoms with Crippen LogP contribution in [0.4, 0.5) is 13.2 Å². The Morgan fingerprint density at radius 1 is 1.24 bits per heavy atom. The summed E-state index contributed by atoms with van der Waals surface area (Å²) in [6.07, 6.45) is -4.23. The van der Waals surface area contributed by atoms with Crippen molar-refractivity contribution in [3.8, 4) is 11.5 Å². The van der Waals surface area contributed by atoms with E-state index in [0.717, 1.165) is 18.5 Å². The molecule has 0 aromatic heterocycles. The van der Waals surface area contributed by atoms with Crippen molar-refractivity contribution < 1.29 is 22.6 Å². The molecule has 0 fully saturated rings. The predicted molar refractivity (Wildman–Crippen MR) is 75.9 cm³/mol. The molecule has 0 amide bonds. The van der Waals surface area contributed by atoms with Crippen molar-refractivity contribution in [1.82, 2.24) is 5.32 Å². The zero-order valence-electron chi connectivity index (χ0n) is 12.6. The van der Waals surface area contributed by atoms with Gasteiger partial charge in [-0.15, -0.1) is 0 Å². The molecule has 0 aliphatic rings. The number of hydrogen-bond donors (Lipinski definition) is 1. The summed E-state index contributed by atoms with van der Waals surface area (Å²) in [5, 5.41) is 3.29. The average Bonchev–Trinajstić information content (AvgIpc) is 2.43. The Morgan fingerprint density at radius 3 is 2.48 bits per heavy atom. The molecule has 1 aromatic rings. The zero-order valence-corrected chi connectivity index (χ0v) is 12.6. The number of halogens is 3. The maximum absolute atomic E-state index is 12.2. The van der Waals surface area contributed by atoms with E-state index in [2.05, 4.69) is 5.32 Å². The van der Waals surface area contributed by atoms with E-state index in [1.54, 1.807) is 18.2 Å². The highest BCUT2D eigenvalue weighted by Gasteiger charge is 2.27. The first-order valence-electron chi connectivity index (χ1n) is 6.99. The fraction of sp³-hybridized carbons (Fsp3) is 0.600. The maximum Gasteiger partial charge on any atom is 0.392 e. The lowest BCUT2D eigenvalue weighted by atomic mass is 10.1. The van der Waals surface area contributed by atoms with Gasteiger partial charge < -0.3 is 14.8 Å². The van der Waals surface area contributed by atoms with Crippen molar-refractivity contribution in [2.75, 3.05) is 20.3 Å². The molecule has 1 unspecified atom stereocenters. The largest absolute Gasteiger partial charge is 0.496 e. The Hall–Kier alpha value is -1.43. The minimum absolute atomic E-state index is 0.0676. The fourth-order valence-electron chi connectivity index (χ4n) is 1.99. The first-order chi connectivity index (χ1) is 9.89. The smallest absolute Gasteiger partial charge is 0.392 e. The van der Waals surface area contributed by atoms with Crippen molar-refractivity contribution in [1.29, 1.82) is 0 Å². The van der Waals surface area contributed by atoms with Crippen LogP contribution in [0, 0.1) is 0 Å². The lowest BCUT2D eigenvalue weighted by Gasteiger charge is -2.21. The third-order valence-corrected chi connectivity index (χ3v) is 3.02. The Kier molecular flexibility index (Phi) is 6.81. The third-order valence-electron chi connectivity index (χ3n) is 3.02. The molecule has 21 heavy (non-hydrogen) atoms. The number of benzene rings is 1. The molecular weight excluding hydrogens is 283 g/mol. The van der Waals surface area contributed by atoms with Crippen molar-refractivity contribution >= 4 is 0 Å². The van der Waals surface area contributed by atoms with Crippen molar-refractivity contribution in [3.63, 3.8) is 0 Å². The number of hydrogen-bond acceptors (Lipinski definition) is 3. The Labute approximate surface area is 123 Å². The molecule has 1 atom stereocenters. The quantitative estimate of drug-likeness (QED) is 0.785. The van der Waals surface area contributed by atoms with E-state index in [1.165, 1.54) is 7.11 Å². The lowest BCUT2D eigenvalue weighted by molar-refractivity contribution is -0.139. The van der Waals surface area contributed by atoms with E-state index in [1.807, 2.05) is 13.8 Å². The van der Waals surface area contributed by atoms with Gasteiger partial charge in [0.2, 0.25) is 0 Å². The van der Waals surface area contributed by atoms with E-state index in [4.69, 9.17) is 9.47 Å². The van der Waals surface area contributed by atoms with Crippen LogP contribution in [0.5, 0.6) is 11.5 Å². The second-order valence-corrected chi connectivity index (χ2v) is 4.76. The maximum atomic E-state index is 12.2. The van der Waals surface area contributed by atoms with E-state index in [0.29, 0.717) is 11.5 Å². The molecule has 1 rings (SSSR count). The highest BCUT2D eigenvalue weighted by molar-refractivity contribution is 5.46. The minimum Gasteiger partial charge on any atom is -0.496 e. The molecule has 0 heterocycles. The van der Waals surface area contributed by atoms with Gasteiger partial charge in [-0.25, -0.2) is 0 Å². The van der Waals surface area contributed by atoms with Gasteiger partial charge in [-0.05, 0) is 32.0 Å². The number of alkyl halides is 3. The van der Waals surface area contributed by atoms with Gasteiger partial charge in [0.05, 0.1) is 25.7 Å². The third kappa shape index (κ3) is 5.83. The van der Waals surface area contributed by atoms with Gasteiger partial charge in [0.15, 0.2) is 0 Å². The molecule has 0 saturated carbocycles.